The monoisotopic (exact) mass is 269 g/mol. The van der Waals surface area contributed by atoms with Gasteiger partial charge in [-0.2, -0.15) is 0 Å². The molecular weight excluding hydrogens is 254 g/mol. The van der Waals surface area contributed by atoms with Gasteiger partial charge in [0, 0.05) is 18.3 Å². The van der Waals surface area contributed by atoms with Crippen LogP contribution in [0.1, 0.15) is 31.2 Å². The van der Waals surface area contributed by atoms with Gasteiger partial charge >= 0.3 is 0 Å². The molecule has 2 rings (SSSR count). The number of halogens is 1. The Morgan fingerprint density at radius 3 is 3.00 bits per heavy atom. The molecule has 0 bridgehead atoms. The van der Waals surface area contributed by atoms with Crippen molar-refractivity contribution in [1.29, 1.82) is 0 Å². The van der Waals surface area contributed by atoms with E-state index >= 15 is 0 Å². The molecule has 0 amide bonds. The standard InChI is InChI=1S/C12H16BrNO/c1-8-4-3-5-14-11-7-12(15-2)10(13)6-9(8)11/h6-8,14H,3-5H2,1-2H3/t8-/m0/s1. The maximum absolute atomic E-state index is 5.30. The summed E-state index contributed by atoms with van der Waals surface area (Å²) >= 11 is 3.54. The summed E-state index contributed by atoms with van der Waals surface area (Å²) in [4.78, 5) is 0. The third-order valence-electron chi connectivity index (χ3n) is 2.98. The van der Waals surface area contributed by atoms with Crippen LogP contribution in [-0.2, 0) is 0 Å². The number of nitrogens with one attached hydrogen (secondary N) is 1. The summed E-state index contributed by atoms with van der Waals surface area (Å²) in [5.74, 6) is 1.52. The van der Waals surface area contributed by atoms with Crippen LogP contribution in [0.15, 0.2) is 16.6 Å². The molecule has 0 unspecified atom stereocenters. The molecule has 1 aliphatic heterocycles. The number of benzene rings is 1. The van der Waals surface area contributed by atoms with Gasteiger partial charge in [0.1, 0.15) is 5.75 Å². The van der Waals surface area contributed by atoms with E-state index < -0.39 is 0 Å². The summed E-state index contributed by atoms with van der Waals surface area (Å²) in [6.45, 7) is 3.34. The Balaban J connectivity index is 2.46. The molecular formula is C12H16BrNO. The van der Waals surface area contributed by atoms with Crippen molar-refractivity contribution in [3.8, 4) is 5.75 Å². The van der Waals surface area contributed by atoms with E-state index in [0.29, 0.717) is 5.92 Å². The van der Waals surface area contributed by atoms with E-state index in [9.17, 15) is 0 Å². The summed E-state index contributed by atoms with van der Waals surface area (Å²) in [7, 11) is 1.70. The first-order valence-corrected chi connectivity index (χ1v) is 6.13. The molecule has 0 aromatic heterocycles. The van der Waals surface area contributed by atoms with E-state index in [1.807, 2.05) is 0 Å². The Kier molecular flexibility index (Phi) is 3.19. The van der Waals surface area contributed by atoms with Crippen LogP contribution in [0.5, 0.6) is 5.75 Å². The average molecular weight is 270 g/mol. The number of rotatable bonds is 1. The number of hydrogen-bond acceptors (Lipinski definition) is 2. The fourth-order valence-corrected chi connectivity index (χ4v) is 2.60. The molecule has 1 atom stereocenters. The highest BCUT2D eigenvalue weighted by molar-refractivity contribution is 9.10. The zero-order valence-corrected chi connectivity index (χ0v) is 10.7. The number of ether oxygens (including phenoxy) is 1. The molecule has 0 radical (unpaired) electrons. The van der Waals surface area contributed by atoms with Gasteiger partial charge in [0.15, 0.2) is 0 Å². The molecule has 82 valence electrons. The average Bonchev–Trinajstić information content (AvgIpc) is 2.40. The zero-order chi connectivity index (χ0) is 10.8. The molecule has 0 fully saturated rings. The van der Waals surface area contributed by atoms with Crippen LogP contribution in [0, 0.1) is 0 Å². The van der Waals surface area contributed by atoms with Crippen molar-refractivity contribution in [2.45, 2.75) is 25.7 Å². The van der Waals surface area contributed by atoms with Gasteiger partial charge < -0.3 is 10.1 Å². The Morgan fingerprint density at radius 2 is 2.27 bits per heavy atom. The largest absolute Gasteiger partial charge is 0.495 e. The predicted molar refractivity (Wildman–Crippen MR) is 66.8 cm³/mol. The van der Waals surface area contributed by atoms with Gasteiger partial charge in [-0.3, -0.25) is 0 Å². The fourth-order valence-electron chi connectivity index (χ4n) is 2.07. The molecule has 3 heteroatoms. The van der Waals surface area contributed by atoms with Gasteiger partial charge in [0.25, 0.3) is 0 Å². The van der Waals surface area contributed by atoms with Crippen LogP contribution in [0.3, 0.4) is 0 Å². The van der Waals surface area contributed by atoms with Crippen molar-refractivity contribution in [3.05, 3.63) is 22.2 Å². The first-order chi connectivity index (χ1) is 7.22. The van der Waals surface area contributed by atoms with Crippen LogP contribution in [0.2, 0.25) is 0 Å². The minimum atomic E-state index is 0.622. The smallest absolute Gasteiger partial charge is 0.135 e. The van der Waals surface area contributed by atoms with Crippen LogP contribution >= 0.6 is 15.9 Å². The van der Waals surface area contributed by atoms with Crippen molar-refractivity contribution < 1.29 is 4.74 Å². The van der Waals surface area contributed by atoms with Gasteiger partial charge in [-0.05, 0) is 46.3 Å². The molecule has 0 saturated carbocycles. The Morgan fingerprint density at radius 1 is 1.47 bits per heavy atom. The van der Waals surface area contributed by atoms with E-state index in [1.165, 1.54) is 24.1 Å². The van der Waals surface area contributed by atoms with Crippen molar-refractivity contribution >= 4 is 21.6 Å². The van der Waals surface area contributed by atoms with Crippen molar-refractivity contribution in [2.75, 3.05) is 19.0 Å². The highest BCUT2D eigenvalue weighted by Crippen LogP contribution is 2.37. The Bertz CT molecular complexity index is 365. The van der Waals surface area contributed by atoms with Gasteiger partial charge in [-0.15, -0.1) is 0 Å². The second-order valence-corrected chi connectivity index (χ2v) is 4.90. The summed E-state index contributed by atoms with van der Waals surface area (Å²) in [5.41, 5.74) is 2.61. The minimum absolute atomic E-state index is 0.622. The number of anilines is 1. The Labute approximate surface area is 99.1 Å². The summed E-state index contributed by atoms with van der Waals surface area (Å²) in [6.07, 6.45) is 2.48. The number of methoxy groups -OCH3 is 1. The number of hydrogen-bond donors (Lipinski definition) is 1. The minimum Gasteiger partial charge on any atom is -0.495 e. The lowest BCUT2D eigenvalue weighted by Crippen LogP contribution is -2.00. The highest BCUT2D eigenvalue weighted by Gasteiger charge is 2.16. The third kappa shape index (κ3) is 2.12. The van der Waals surface area contributed by atoms with Gasteiger partial charge in [-0.25, -0.2) is 0 Å². The van der Waals surface area contributed by atoms with Gasteiger partial charge in [0.05, 0.1) is 11.6 Å². The Hall–Kier alpha value is -0.700. The molecule has 1 aromatic rings. The van der Waals surface area contributed by atoms with E-state index in [1.54, 1.807) is 7.11 Å². The van der Waals surface area contributed by atoms with Crippen molar-refractivity contribution in [1.82, 2.24) is 0 Å². The first-order valence-electron chi connectivity index (χ1n) is 5.33. The molecule has 1 aromatic carbocycles. The molecule has 1 N–H and O–H groups in total. The number of fused-ring (bicyclic) bond motifs is 1. The topological polar surface area (TPSA) is 21.3 Å². The molecule has 0 aliphatic carbocycles. The molecule has 15 heavy (non-hydrogen) atoms. The van der Waals surface area contributed by atoms with Crippen LogP contribution < -0.4 is 10.1 Å². The lowest BCUT2D eigenvalue weighted by Gasteiger charge is -2.15. The van der Waals surface area contributed by atoms with E-state index in [0.717, 1.165) is 16.8 Å². The van der Waals surface area contributed by atoms with Gasteiger partial charge in [0.2, 0.25) is 0 Å². The summed E-state index contributed by atoms with van der Waals surface area (Å²) in [6, 6.07) is 4.26. The molecule has 0 spiro atoms. The molecule has 0 saturated heterocycles. The zero-order valence-electron chi connectivity index (χ0n) is 9.14. The molecule has 1 aliphatic rings. The summed E-state index contributed by atoms with van der Waals surface area (Å²) < 4.78 is 6.34. The second kappa shape index (κ2) is 4.44. The van der Waals surface area contributed by atoms with Crippen LogP contribution in [0.25, 0.3) is 0 Å². The first kappa shape index (κ1) is 10.8. The van der Waals surface area contributed by atoms with Crippen LogP contribution in [0.4, 0.5) is 5.69 Å². The van der Waals surface area contributed by atoms with E-state index in [4.69, 9.17) is 4.74 Å². The third-order valence-corrected chi connectivity index (χ3v) is 3.60. The lowest BCUT2D eigenvalue weighted by atomic mass is 9.96. The maximum Gasteiger partial charge on any atom is 0.135 e. The van der Waals surface area contributed by atoms with Crippen molar-refractivity contribution in [2.24, 2.45) is 0 Å². The fraction of sp³-hybridized carbons (Fsp3) is 0.500. The summed E-state index contributed by atoms with van der Waals surface area (Å²) in [5, 5.41) is 3.46. The quantitative estimate of drug-likeness (QED) is 0.838. The highest BCUT2D eigenvalue weighted by atomic mass is 79.9. The van der Waals surface area contributed by atoms with E-state index in [-0.39, 0.29) is 0 Å². The molecule has 1 heterocycles. The SMILES string of the molecule is COc1cc2c(cc1Br)[C@@H](C)CCCN2. The van der Waals surface area contributed by atoms with Gasteiger partial charge in [-0.1, -0.05) is 6.92 Å². The van der Waals surface area contributed by atoms with E-state index in [2.05, 4.69) is 40.3 Å². The lowest BCUT2D eigenvalue weighted by molar-refractivity contribution is 0.412. The second-order valence-electron chi connectivity index (χ2n) is 4.04. The van der Waals surface area contributed by atoms with Crippen molar-refractivity contribution in [3.63, 3.8) is 0 Å². The maximum atomic E-state index is 5.30. The molecule has 2 nitrogen and oxygen atoms in total. The predicted octanol–water partition coefficient (Wildman–Crippen LogP) is 3.77. The van der Waals surface area contributed by atoms with Crippen LogP contribution in [-0.4, -0.2) is 13.7 Å². The normalized spacial score (nSPS) is 20.1.